The van der Waals surface area contributed by atoms with Crippen molar-refractivity contribution in [1.29, 1.82) is 0 Å². The summed E-state index contributed by atoms with van der Waals surface area (Å²) < 4.78 is 0.791. The van der Waals surface area contributed by atoms with Crippen LogP contribution in [0, 0.1) is 0 Å². The summed E-state index contributed by atoms with van der Waals surface area (Å²) in [5.74, 6) is -0.0850. The highest BCUT2D eigenvalue weighted by Crippen LogP contribution is 2.18. The van der Waals surface area contributed by atoms with E-state index in [1.54, 1.807) is 15.9 Å². The minimum atomic E-state index is -0.0744. The van der Waals surface area contributed by atoms with Crippen LogP contribution >= 0.6 is 27.5 Å². The van der Waals surface area contributed by atoms with Gasteiger partial charge >= 0.3 is 0 Å². The largest absolute Gasteiger partial charge is 0.338 e. The summed E-state index contributed by atoms with van der Waals surface area (Å²) in [5.41, 5.74) is 0.652. The standard InChI is InChI=1S/C13H14BrClN2O2/c14-11-4-2-1-3-10(11)13(19)17-7-5-16(6-8-17)12(18)9-15/h1-4H,5-9H2. The molecule has 0 atom stereocenters. The number of halogens is 2. The Morgan fingerprint density at radius 1 is 1.11 bits per heavy atom. The molecule has 1 aromatic rings. The molecule has 2 amide bonds. The van der Waals surface area contributed by atoms with Crippen LogP contribution in [0.3, 0.4) is 0 Å². The van der Waals surface area contributed by atoms with Crippen LogP contribution in [0.4, 0.5) is 0 Å². The summed E-state index contributed by atoms with van der Waals surface area (Å²) in [4.78, 5) is 27.2. The van der Waals surface area contributed by atoms with Crippen molar-refractivity contribution in [2.45, 2.75) is 0 Å². The summed E-state index contributed by atoms with van der Waals surface area (Å²) in [6.07, 6.45) is 0. The van der Waals surface area contributed by atoms with Crippen LogP contribution in [0.25, 0.3) is 0 Å². The molecular weight excluding hydrogens is 332 g/mol. The summed E-state index contributed by atoms with van der Waals surface area (Å²) in [6, 6.07) is 7.35. The number of amides is 2. The maximum Gasteiger partial charge on any atom is 0.255 e. The molecule has 0 aromatic heterocycles. The summed E-state index contributed by atoms with van der Waals surface area (Å²) >= 11 is 8.90. The molecular formula is C13H14BrClN2O2. The molecule has 1 saturated heterocycles. The van der Waals surface area contributed by atoms with Gasteiger partial charge in [0.2, 0.25) is 5.91 Å². The van der Waals surface area contributed by atoms with E-state index in [0.29, 0.717) is 31.7 Å². The van der Waals surface area contributed by atoms with E-state index < -0.39 is 0 Å². The van der Waals surface area contributed by atoms with Crippen molar-refractivity contribution in [2.24, 2.45) is 0 Å². The molecule has 1 aromatic carbocycles. The fourth-order valence-electron chi connectivity index (χ4n) is 2.05. The Hall–Kier alpha value is -1.07. The second kappa shape index (κ2) is 6.39. The molecule has 102 valence electrons. The predicted octanol–water partition coefficient (Wildman–Crippen LogP) is 1.97. The summed E-state index contributed by atoms with van der Waals surface area (Å²) in [5, 5.41) is 0. The third-order valence-corrected chi connectivity index (χ3v) is 4.06. The summed E-state index contributed by atoms with van der Waals surface area (Å²) in [6.45, 7) is 2.18. The molecule has 0 aliphatic carbocycles. The van der Waals surface area contributed by atoms with Gasteiger partial charge in [0, 0.05) is 30.7 Å². The average molecular weight is 346 g/mol. The lowest BCUT2D eigenvalue weighted by molar-refractivity contribution is -0.129. The van der Waals surface area contributed by atoms with Gasteiger partial charge in [-0.2, -0.15) is 0 Å². The number of carbonyl (C=O) groups is 2. The van der Waals surface area contributed by atoms with Crippen molar-refractivity contribution in [3.63, 3.8) is 0 Å². The van der Waals surface area contributed by atoms with Gasteiger partial charge in [0.1, 0.15) is 5.88 Å². The van der Waals surface area contributed by atoms with Gasteiger partial charge in [0.15, 0.2) is 0 Å². The van der Waals surface area contributed by atoms with Crippen LogP contribution in [-0.4, -0.2) is 53.7 Å². The Morgan fingerprint density at radius 3 is 2.26 bits per heavy atom. The second-order valence-electron chi connectivity index (χ2n) is 4.29. The Morgan fingerprint density at radius 2 is 1.68 bits per heavy atom. The van der Waals surface area contributed by atoms with Crippen LogP contribution in [0.15, 0.2) is 28.7 Å². The van der Waals surface area contributed by atoms with Gasteiger partial charge in [-0.1, -0.05) is 12.1 Å². The Kier molecular flexibility index (Phi) is 4.82. The highest BCUT2D eigenvalue weighted by molar-refractivity contribution is 9.10. The number of hydrogen-bond acceptors (Lipinski definition) is 2. The van der Waals surface area contributed by atoms with Crippen molar-refractivity contribution >= 4 is 39.3 Å². The number of nitrogens with zero attached hydrogens (tertiary/aromatic N) is 2. The third kappa shape index (κ3) is 3.28. The normalized spacial score (nSPS) is 15.5. The van der Waals surface area contributed by atoms with Gasteiger partial charge in [-0.15, -0.1) is 11.6 Å². The first-order valence-corrected chi connectivity index (χ1v) is 7.34. The van der Waals surface area contributed by atoms with Gasteiger partial charge in [0.25, 0.3) is 5.91 Å². The van der Waals surface area contributed by atoms with Crippen molar-refractivity contribution in [1.82, 2.24) is 9.80 Å². The van der Waals surface area contributed by atoms with E-state index in [4.69, 9.17) is 11.6 Å². The quantitative estimate of drug-likeness (QED) is 0.769. The molecule has 0 bridgehead atoms. The lowest BCUT2D eigenvalue weighted by Gasteiger charge is -2.34. The first-order valence-electron chi connectivity index (χ1n) is 6.01. The van der Waals surface area contributed by atoms with Gasteiger partial charge in [-0.25, -0.2) is 0 Å². The number of rotatable bonds is 2. The fraction of sp³-hybridized carbons (Fsp3) is 0.385. The molecule has 0 saturated carbocycles. The molecule has 1 heterocycles. The minimum Gasteiger partial charge on any atom is -0.338 e. The van der Waals surface area contributed by atoms with Crippen molar-refractivity contribution < 1.29 is 9.59 Å². The molecule has 1 aliphatic rings. The van der Waals surface area contributed by atoms with Crippen LogP contribution in [0.2, 0.25) is 0 Å². The van der Waals surface area contributed by atoms with E-state index in [2.05, 4.69) is 15.9 Å². The summed E-state index contributed by atoms with van der Waals surface area (Å²) in [7, 11) is 0. The van der Waals surface area contributed by atoms with E-state index in [1.165, 1.54) is 0 Å². The molecule has 0 spiro atoms. The van der Waals surface area contributed by atoms with Gasteiger partial charge in [-0.3, -0.25) is 9.59 Å². The number of benzene rings is 1. The zero-order chi connectivity index (χ0) is 13.8. The average Bonchev–Trinajstić information content (AvgIpc) is 2.46. The fourth-order valence-corrected chi connectivity index (χ4v) is 2.67. The monoisotopic (exact) mass is 344 g/mol. The number of hydrogen-bond donors (Lipinski definition) is 0. The van der Waals surface area contributed by atoms with Crippen molar-refractivity contribution in [3.05, 3.63) is 34.3 Å². The molecule has 0 N–H and O–H groups in total. The topological polar surface area (TPSA) is 40.6 Å². The van der Waals surface area contributed by atoms with E-state index >= 15 is 0 Å². The maximum absolute atomic E-state index is 12.3. The highest BCUT2D eigenvalue weighted by atomic mass is 79.9. The van der Waals surface area contributed by atoms with Crippen molar-refractivity contribution in [3.8, 4) is 0 Å². The SMILES string of the molecule is O=C(CCl)N1CCN(C(=O)c2ccccc2Br)CC1. The van der Waals surface area contributed by atoms with Gasteiger partial charge < -0.3 is 9.80 Å². The van der Waals surface area contributed by atoms with E-state index in [-0.39, 0.29) is 17.7 Å². The minimum absolute atomic E-state index is 0.00181. The zero-order valence-corrected chi connectivity index (χ0v) is 12.7. The third-order valence-electron chi connectivity index (χ3n) is 3.14. The molecule has 6 heteroatoms. The van der Waals surface area contributed by atoms with Crippen molar-refractivity contribution in [2.75, 3.05) is 32.1 Å². The van der Waals surface area contributed by atoms with E-state index in [0.717, 1.165) is 4.47 Å². The smallest absolute Gasteiger partial charge is 0.255 e. The zero-order valence-electron chi connectivity index (χ0n) is 10.3. The first kappa shape index (κ1) is 14.3. The maximum atomic E-state index is 12.3. The van der Waals surface area contributed by atoms with Crippen LogP contribution in [0.5, 0.6) is 0 Å². The Labute approximate surface area is 125 Å². The lowest BCUT2D eigenvalue weighted by Crippen LogP contribution is -2.51. The molecule has 2 rings (SSSR count). The first-order chi connectivity index (χ1) is 9.13. The van der Waals surface area contributed by atoms with Crippen LogP contribution < -0.4 is 0 Å². The highest BCUT2D eigenvalue weighted by Gasteiger charge is 2.25. The molecule has 1 fully saturated rings. The number of carbonyl (C=O) groups excluding carboxylic acids is 2. The van der Waals surface area contributed by atoms with Gasteiger partial charge in [0.05, 0.1) is 5.56 Å². The second-order valence-corrected chi connectivity index (χ2v) is 5.41. The Bertz CT molecular complexity index is 487. The lowest BCUT2D eigenvalue weighted by atomic mass is 10.2. The molecule has 1 aliphatic heterocycles. The molecule has 19 heavy (non-hydrogen) atoms. The molecule has 0 unspecified atom stereocenters. The Balaban J connectivity index is 2.00. The van der Waals surface area contributed by atoms with E-state index in [1.807, 2.05) is 18.2 Å². The molecule has 0 radical (unpaired) electrons. The molecule has 4 nitrogen and oxygen atoms in total. The van der Waals surface area contributed by atoms with Crippen LogP contribution in [0.1, 0.15) is 10.4 Å². The number of piperazine rings is 1. The number of alkyl halides is 1. The van der Waals surface area contributed by atoms with Gasteiger partial charge in [-0.05, 0) is 28.1 Å². The van der Waals surface area contributed by atoms with E-state index in [9.17, 15) is 9.59 Å². The van der Waals surface area contributed by atoms with Crippen LogP contribution in [-0.2, 0) is 4.79 Å². The predicted molar refractivity (Wildman–Crippen MR) is 77.3 cm³/mol.